The third kappa shape index (κ3) is 7.55. The van der Waals surface area contributed by atoms with Crippen LogP contribution in [0.1, 0.15) is 45.4 Å². The number of hydrogen-bond donors (Lipinski definition) is 0. The highest BCUT2D eigenvalue weighted by atomic mass is 79.9. The maximum Gasteiger partial charge on any atom is 0.168 e. The lowest BCUT2D eigenvalue weighted by atomic mass is 10.1. The van der Waals surface area contributed by atoms with Crippen LogP contribution < -0.4 is 4.57 Å². The molecule has 0 atom stereocenters. The third-order valence-electron chi connectivity index (χ3n) is 2.55. The molecule has 0 aliphatic rings. The van der Waals surface area contributed by atoms with Crippen molar-refractivity contribution in [2.24, 2.45) is 0 Å². The van der Waals surface area contributed by atoms with Crippen LogP contribution in [-0.4, -0.2) is 0 Å². The quantitative estimate of drug-likeness (QED) is 0.524. The largest absolute Gasteiger partial charge is 0.205 e. The number of aromatic nitrogens is 1. The summed E-state index contributed by atoms with van der Waals surface area (Å²) in [5.74, 6) is 0. The Hall–Kier alpha value is -0.370. The predicted molar refractivity (Wildman–Crippen MR) is 70.3 cm³/mol. The van der Waals surface area contributed by atoms with Gasteiger partial charge >= 0.3 is 0 Å². The molecule has 1 rings (SSSR count). The molecule has 1 nitrogen and oxygen atoms in total. The van der Waals surface area contributed by atoms with Crippen molar-refractivity contribution in [2.45, 2.75) is 52.0 Å². The Bertz CT molecular complexity index is 223. The fraction of sp³-hybridized carbons (Fsp3) is 0.615. The van der Waals surface area contributed by atoms with Gasteiger partial charge in [0.25, 0.3) is 0 Å². The lowest BCUT2D eigenvalue weighted by Gasteiger charge is -1.98. The lowest BCUT2D eigenvalue weighted by molar-refractivity contribution is -0.697. The molecule has 86 valence electrons. The zero-order valence-corrected chi connectivity index (χ0v) is 11.4. The average molecular weight is 273 g/mol. The van der Waals surface area contributed by atoms with E-state index in [9.17, 15) is 0 Å². The molecule has 0 aliphatic carbocycles. The van der Waals surface area contributed by atoms with Crippen molar-refractivity contribution >= 4 is 17.0 Å². The van der Waals surface area contributed by atoms with E-state index in [1.165, 1.54) is 45.1 Å². The molecule has 0 amide bonds. The van der Waals surface area contributed by atoms with Gasteiger partial charge in [0.2, 0.25) is 0 Å². The molecule has 1 aromatic heterocycles. The molecule has 0 aromatic carbocycles. The van der Waals surface area contributed by atoms with E-state index in [0.29, 0.717) is 0 Å². The maximum atomic E-state index is 2.26. The first-order valence-electron chi connectivity index (χ1n) is 5.87. The van der Waals surface area contributed by atoms with Crippen LogP contribution in [0.2, 0.25) is 0 Å². The molecule has 0 unspecified atom stereocenters. The van der Waals surface area contributed by atoms with E-state index in [1.54, 1.807) is 0 Å². The smallest absolute Gasteiger partial charge is 0.168 e. The summed E-state index contributed by atoms with van der Waals surface area (Å²) >= 11 is 0. The second kappa shape index (κ2) is 10.2. The summed E-state index contributed by atoms with van der Waals surface area (Å²) in [6, 6.07) is 6.26. The Morgan fingerprint density at radius 1 is 0.800 bits per heavy atom. The second-order valence-electron chi connectivity index (χ2n) is 3.88. The van der Waals surface area contributed by atoms with Gasteiger partial charge in [0.15, 0.2) is 12.4 Å². The number of rotatable bonds is 7. The van der Waals surface area contributed by atoms with Crippen LogP contribution in [0.5, 0.6) is 0 Å². The van der Waals surface area contributed by atoms with Gasteiger partial charge < -0.3 is 0 Å². The number of aryl methyl sites for hydroxylation is 1. The van der Waals surface area contributed by atoms with Crippen LogP contribution in [0.25, 0.3) is 0 Å². The van der Waals surface area contributed by atoms with Gasteiger partial charge in [-0.2, -0.15) is 0 Å². The van der Waals surface area contributed by atoms with Crippen molar-refractivity contribution in [1.29, 1.82) is 0 Å². The van der Waals surface area contributed by atoms with Gasteiger partial charge in [0, 0.05) is 18.6 Å². The fourth-order valence-electron chi connectivity index (χ4n) is 1.66. The maximum absolute atomic E-state index is 2.26. The molecular formula is C13H23BrN+. The van der Waals surface area contributed by atoms with Crippen LogP contribution in [0, 0.1) is 0 Å². The lowest BCUT2D eigenvalue weighted by Crippen LogP contribution is -2.32. The van der Waals surface area contributed by atoms with E-state index in [1.807, 2.05) is 0 Å². The standard InChI is InChI=1S/C13H22N.BrH/c1-2-3-4-5-6-8-11-14-12-9-7-10-13-14;/h7,9-10,12-13H,2-6,8,11H2,1H3;1H/q+1;. The summed E-state index contributed by atoms with van der Waals surface area (Å²) in [6.07, 6.45) is 12.5. The number of halogens is 1. The van der Waals surface area contributed by atoms with Gasteiger partial charge in [-0.1, -0.05) is 38.7 Å². The average Bonchev–Trinajstić information content (AvgIpc) is 2.25. The van der Waals surface area contributed by atoms with Gasteiger partial charge in [-0.25, -0.2) is 4.57 Å². The fourth-order valence-corrected chi connectivity index (χ4v) is 1.66. The highest BCUT2D eigenvalue weighted by molar-refractivity contribution is 8.93. The molecule has 0 fully saturated rings. The van der Waals surface area contributed by atoms with E-state index < -0.39 is 0 Å². The summed E-state index contributed by atoms with van der Waals surface area (Å²) in [7, 11) is 0. The summed E-state index contributed by atoms with van der Waals surface area (Å²) in [5.41, 5.74) is 0. The van der Waals surface area contributed by atoms with Crippen LogP contribution in [-0.2, 0) is 6.54 Å². The summed E-state index contributed by atoms with van der Waals surface area (Å²) in [6.45, 7) is 3.44. The number of pyridine rings is 1. The molecule has 2 heteroatoms. The summed E-state index contributed by atoms with van der Waals surface area (Å²) in [4.78, 5) is 0. The molecule has 1 heterocycles. The van der Waals surface area contributed by atoms with Crippen LogP contribution >= 0.6 is 17.0 Å². The Morgan fingerprint density at radius 3 is 2.07 bits per heavy atom. The molecule has 0 aliphatic heterocycles. The van der Waals surface area contributed by atoms with Crippen LogP contribution in [0.15, 0.2) is 30.6 Å². The van der Waals surface area contributed by atoms with Crippen molar-refractivity contribution < 1.29 is 4.57 Å². The molecule has 0 saturated carbocycles. The zero-order chi connectivity index (χ0) is 10.1. The minimum Gasteiger partial charge on any atom is -0.205 e. The van der Waals surface area contributed by atoms with Gasteiger partial charge in [0.05, 0.1) is 0 Å². The van der Waals surface area contributed by atoms with E-state index >= 15 is 0 Å². The molecule has 0 saturated heterocycles. The Morgan fingerprint density at radius 2 is 1.40 bits per heavy atom. The summed E-state index contributed by atoms with van der Waals surface area (Å²) < 4.78 is 2.26. The topological polar surface area (TPSA) is 3.88 Å². The highest BCUT2D eigenvalue weighted by Gasteiger charge is 1.96. The first-order valence-corrected chi connectivity index (χ1v) is 5.87. The Balaban J connectivity index is 0.00000196. The van der Waals surface area contributed by atoms with Crippen molar-refractivity contribution in [3.63, 3.8) is 0 Å². The number of nitrogens with zero attached hydrogens (tertiary/aromatic N) is 1. The first-order chi connectivity index (χ1) is 6.93. The SMILES string of the molecule is Br.CCCCCCCC[n+]1ccccc1. The zero-order valence-electron chi connectivity index (χ0n) is 9.69. The van der Waals surface area contributed by atoms with Gasteiger partial charge in [0.1, 0.15) is 6.54 Å². The molecule has 0 bridgehead atoms. The molecule has 0 N–H and O–H groups in total. The van der Waals surface area contributed by atoms with Gasteiger partial charge in [-0.05, 0) is 6.42 Å². The van der Waals surface area contributed by atoms with Crippen LogP contribution in [0.4, 0.5) is 0 Å². The van der Waals surface area contributed by atoms with Crippen molar-refractivity contribution in [1.82, 2.24) is 0 Å². The van der Waals surface area contributed by atoms with Crippen molar-refractivity contribution in [3.05, 3.63) is 30.6 Å². The summed E-state index contributed by atoms with van der Waals surface area (Å²) in [5, 5.41) is 0. The van der Waals surface area contributed by atoms with Gasteiger partial charge in [-0.15, -0.1) is 17.0 Å². The monoisotopic (exact) mass is 272 g/mol. The Kier molecular flexibility index (Phi) is 9.91. The number of hydrogen-bond acceptors (Lipinski definition) is 0. The molecular weight excluding hydrogens is 250 g/mol. The van der Waals surface area contributed by atoms with Gasteiger partial charge in [-0.3, -0.25) is 0 Å². The van der Waals surface area contributed by atoms with E-state index in [0.717, 1.165) is 0 Å². The van der Waals surface area contributed by atoms with E-state index in [-0.39, 0.29) is 17.0 Å². The van der Waals surface area contributed by atoms with Crippen molar-refractivity contribution in [2.75, 3.05) is 0 Å². The highest BCUT2D eigenvalue weighted by Crippen LogP contribution is 2.04. The molecule has 1 aromatic rings. The van der Waals surface area contributed by atoms with E-state index in [2.05, 4.69) is 42.1 Å². The molecule has 0 radical (unpaired) electrons. The van der Waals surface area contributed by atoms with Crippen LogP contribution in [0.3, 0.4) is 0 Å². The minimum absolute atomic E-state index is 0. The third-order valence-corrected chi connectivity index (χ3v) is 2.55. The Labute approximate surface area is 104 Å². The molecule has 0 spiro atoms. The minimum atomic E-state index is 0. The van der Waals surface area contributed by atoms with Crippen molar-refractivity contribution in [3.8, 4) is 0 Å². The second-order valence-corrected chi connectivity index (χ2v) is 3.88. The predicted octanol–water partition coefficient (Wildman–Crippen LogP) is 3.91. The number of unbranched alkanes of at least 4 members (excludes halogenated alkanes) is 5. The van der Waals surface area contributed by atoms with E-state index in [4.69, 9.17) is 0 Å². The first kappa shape index (κ1) is 14.6. The normalized spacial score (nSPS) is 9.67. The molecule has 15 heavy (non-hydrogen) atoms.